The Balaban J connectivity index is 0.000000407. The first kappa shape index (κ1) is 22.5. The maximum Gasteiger partial charge on any atom is 0.0923 e. The molecule has 1 aliphatic rings. The summed E-state index contributed by atoms with van der Waals surface area (Å²) in [7, 11) is 0. The number of benzene rings is 2. The molecule has 0 bridgehead atoms. The van der Waals surface area contributed by atoms with Gasteiger partial charge in [0.1, 0.15) is 0 Å². The van der Waals surface area contributed by atoms with Crippen molar-refractivity contribution in [2.24, 2.45) is 0 Å². The standard InChI is InChI=1S/C11H8N2.C6H6.3C2H6/c1-2-4-9-8(3-1)7-10-11(9)13-6-5-12-10;1-2-4-6-5-3-1;3*1-2/h1-6H,7H2;1-6H;3*1-2H3. The van der Waals surface area contributed by atoms with Gasteiger partial charge in [-0.15, -0.1) is 0 Å². The monoisotopic (exact) mass is 336 g/mol. The van der Waals surface area contributed by atoms with E-state index in [9.17, 15) is 0 Å². The third kappa shape index (κ3) is 7.30. The van der Waals surface area contributed by atoms with Gasteiger partial charge in [-0.3, -0.25) is 9.97 Å². The molecule has 4 rings (SSSR count). The Morgan fingerprint density at radius 2 is 1.08 bits per heavy atom. The van der Waals surface area contributed by atoms with Gasteiger partial charge in [0.05, 0.1) is 11.4 Å². The largest absolute Gasteiger partial charge is 0.257 e. The number of fused-ring (bicyclic) bond motifs is 3. The van der Waals surface area contributed by atoms with Crippen molar-refractivity contribution in [1.82, 2.24) is 9.97 Å². The molecule has 3 aromatic rings. The highest BCUT2D eigenvalue weighted by Crippen LogP contribution is 2.32. The molecule has 1 aromatic heterocycles. The lowest BCUT2D eigenvalue weighted by molar-refractivity contribution is 1.08. The molecule has 0 spiro atoms. The van der Waals surface area contributed by atoms with Crippen LogP contribution in [0.5, 0.6) is 0 Å². The van der Waals surface area contributed by atoms with Crippen LogP contribution in [0.1, 0.15) is 52.8 Å². The fraction of sp³-hybridized carbons (Fsp3) is 0.304. The lowest BCUT2D eigenvalue weighted by Gasteiger charge is -1.96. The van der Waals surface area contributed by atoms with Gasteiger partial charge in [0, 0.05) is 24.4 Å². The van der Waals surface area contributed by atoms with E-state index in [1.54, 1.807) is 12.4 Å². The zero-order chi connectivity index (χ0) is 18.9. The first-order valence-corrected chi connectivity index (χ1v) is 9.33. The van der Waals surface area contributed by atoms with Crippen LogP contribution in [0.3, 0.4) is 0 Å². The summed E-state index contributed by atoms with van der Waals surface area (Å²) in [6.45, 7) is 12.0. The normalized spacial score (nSPS) is 9.04. The maximum atomic E-state index is 4.34. The SMILES string of the molecule is CC.CC.CC.c1ccc2c(c1)Cc1nccnc1-2.c1ccccc1. The van der Waals surface area contributed by atoms with Gasteiger partial charge in [-0.2, -0.15) is 0 Å². The van der Waals surface area contributed by atoms with Gasteiger partial charge in [-0.25, -0.2) is 0 Å². The van der Waals surface area contributed by atoms with Crippen molar-refractivity contribution in [2.45, 2.75) is 48.0 Å². The second-order valence-electron chi connectivity index (χ2n) is 4.34. The van der Waals surface area contributed by atoms with Crippen LogP contribution in [-0.4, -0.2) is 9.97 Å². The van der Waals surface area contributed by atoms with E-state index in [0.29, 0.717) is 0 Å². The van der Waals surface area contributed by atoms with Gasteiger partial charge >= 0.3 is 0 Å². The highest BCUT2D eigenvalue weighted by molar-refractivity contribution is 5.71. The van der Waals surface area contributed by atoms with Gasteiger partial charge in [0.2, 0.25) is 0 Å². The van der Waals surface area contributed by atoms with E-state index in [2.05, 4.69) is 28.2 Å². The fourth-order valence-corrected chi connectivity index (χ4v) is 2.19. The lowest BCUT2D eigenvalue weighted by atomic mass is 10.1. The number of rotatable bonds is 0. The molecule has 2 nitrogen and oxygen atoms in total. The molecule has 0 saturated heterocycles. The quantitative estimate of drug-likeness (QED) is 0.352. The second-order valence-corrected chi connectivity index (χ2v) is 4.34. The Hall–Kier alpha value is -2.48. The summed E-state index contributed by atoms with van der Waals surface area (Å²) in [6, 6.07) is 20.3. The van der Waals surface area contributed by atoms with Crippen molar-refractivity contribution in [2.75, 3.05) is 0 Å². The summed E-state index contributed by atoms with van der Waals surface area (Å²) >= 11 is 0. The Labute approximate surface area is 154 Å². The van der Waals surface area contributed by atoms with E-state index in [-0.39, 0.29) is 0 Å². The summed E-state index contributed by atoms with van der Waals surface area (Å²) in [5.74, 6) is 0. The van der Waals surface area contributed by atoms with Crippen LogP contribution < -0.4 is 0 Å². The smallest absolute Gasteiger partial charge is 0.0923 e. The van der Waals surface area contributed by atoms with E-state index in [1.807, 2.05) is 84.0 Å². The third-order valence-corrected chi connectivity index (χ3v) is 3.07. The van der Waals surface area contributed by atoms with E-state index in [1.165, 1.54) is 11.1 Å². The minimum absolute atomic E-state index is 0.930. The molecule has 2 aromatic carbocycles. The summed E-state index contributed by atoms with van der Waals surface area (Å²) in [5.41, 5.74) is 4.73. The summed E-state index contributed by atoms with van der Waals surface area (Å²) < 4.78 is 0. The van der Waals surface area contributed by atoms with Crippen molar-refractivity contribution in [3.8, 4) is 11.3 Å². The first-order valence-electron chi connectivity index (χ1n) is 9.33. The molecular formula is C23H32N2. The van der Waals surface area contributed by atoms with Crippen molar-refractivity contribution in [3.63, 3.8) is 0 Å². The molecule has 25 heavy (non-hydrogen) atoms. The molecule has 0 saturated carbocycles. The minimum Gasteiger partial charge on any atom is -0.257 e. The van der Waals surface area contributed by atoms with E-state index in [0.717, 1.165) is 17.8 Å². The van der Waals surface area contributed by atoms with Crippen LogP contribution in [0.4, 0.5) is 0 Å². The van der Waals surface area contributed by atoms with Gasteiger partial charge in [0.25, 0.3) is 0 Å². The molecule has 2 heteroatoms. The number of nitrogens with zero attached hydrogens (tertiary/aromatic N) is 2. The number of hydrogen-bond acceptors (Lipinski definition) is 2. The average Bonchev–Trinajstić information content (AvgIpc) is 3.13. The Morgan fingerprint density at radius 1 is 0.600 bits per heavy atom. The Morgan fingerprint density at radius 3 is 1.64 bits per heavy atom. The van der Waals surface area contributed by atoms with Crippen LogP contribution >= 0.6 is 0 Å². The van der Waals surface area contributed by atoms with Gasteiger partial charge in [-0.05, 0) is 5.56 Å². The predicted molar refractivity (Wildman–Crippen MR) is 111 cm³/mol. The molecule has 1 heterocycles. The fourth-order valence-electron chi connectivity index (χ4n) is 2.19. The summed E-state index contributed by atoms with van der Waals surface area (Å²) in [5, 5.41) is 0. The zero-order valence-electron chi connectivity index (χ0n) is 16.5. The Kier molecular flexibility index (Phi) is 13.6. The van der Waals surface area contributed by atoms with Gasteiger partial charge in [-0.1, -0.05) is 102 Å². The van der Waals surface area contributed by atoms with Crippen molar-refractivity contribution >= 4 is 0 Å². The van der Waals surface area contributed by atoms with E-state index >= 15 is 0 Å². The van der Waals surface area contributed by atoms with Crippen LogP contribution in [0.2, 0.25) is 0 Å². The van der Waals surface area contributed by atoms with Crippen molar-refractivity contribution < 1.29 is 0 Å². The second kappa shape index (κ2) is 15.1. The highest BCUT2D eigenvalue weighted by Gasteiger charge is 2.18. The summed E-state index contributed by atoms with van der Waals surface area (Å²) in [6.07, 6.45) is 4.44. The van der Waals surface area contributed by atoms with Crippen LogP contribution in [0.25, 0.3) is 11.3 Å². The van der Waals surface area contributed by atoms with E-state index < -0.39 is 0 Å². The molecule has 134 valence electrons. The number of aromatic nitrogens is 2. The molecule has 0 amide bonds. The van der Waals surface area contributed by atoms with Crippen LogP contribution in [0.15, 0.2) is 73.1 Å². The predicted octanol–water partition coefficient (Wildman–Crippen LogP) is 6.81. The highest BCUT2D eigenvalue weighted by atomic mass is 14.8. The number of hydrogen-bond donors (Lipinski definition) is 0. The summed E-state index contributed by atoms with van der Waals surface area (Å²) in [4.78, 5) is 8.65. The molecular weight excluding hydrogens is 304 g/mol. The molecule has 0 unspecified atom stereocenters. The zero-order valence-corrected chi connectivity index (χ0v) is 16.5. The maximum absolute atomic E-state index is 4.34. The first-order chi connectivity index (χ1) is 12.4. The third-order valence-electron chi connectivity index (χ3n) is 3.07. The Bertz CT molecular complexity index is 593. The van der Waals surface area contributed by atoms with E-state index in [4.69, 9.17) is 0 Å². The van der Waals surface area contributed by atoms with Crippen LogP contribution in [0, 0.1) is 0 Å². The van der Waals surface area contributed by atoms with Gasteiger partial charge < -0.3 is 0 Å². The molecule has 1 aliphatic carbocycles. The van der Waals surface area contributed by atoms with Gasteiger partial charge in [0.15, 0.2) is 0 Å². The molecule has 0 radical (unpaired) electrons. The molecule has 0 fully saturated rings. The molecule has 0 aliphatic heterocycles. The van der Waals surface area contributed by atoms with Crippen molar-refractivity contribution in [1.29, 1.82) is 0 Å². The molecule has 0 N–H and O–H groups in total. The topological polar surface area (TPSA) is 25.8 Å². The van der Waals surface area contributed by atoms with Crippen molar-refractivity contribution in [3.05, 3.63) is 84.3 Å². The average molecular weight is 337 g/mol. The minimum atomic E-state index is 0.930. The lowest BCUT2D eigenvalue weighted by Crippen LogP contribution is -1.86. The van der Waals surface area contributed by atoms with Crippen LogP contribution in [-0.2, 0) is 6.42 Å². The molecule has 0 atom stereocenters.